The molecule has 3 rings (SSSR count). The third-order valence-electron chi connectivity index (χ3n) is 5.06. The van der Waals surface area contributed by atoms with Crippen LogP contribution in [0.25, 0.3) is 0 Å². The molecule has 2 aromatic rings. The van der Waals surface area contributed by atoms with Crippen LogP contribution in [0.4, 0.5) is 5.69 Å². The maximum Gasteiger partial charge on any atom is 0.291 e. The second kappa shape index (κ2) is 9.11. The lowest BCUT2D eigenvalue weighted by molar-refractivity contribution is 0.0766. The summed E-state index contributed by atoms with van der Waals surface area (Å²) in [7, 11) is 0. The van der Waals surface area contributed by atoms with Gasteiger partial charge in [-0.2, -0.15) is 0 Å². The Hall–Kier alpha value is -2.83. The molecule has 0 fully saturated rings. The average Bonchev–Trinajstić information content (AvgIpc) is 3.10. The van der Waals surface area contributed by atoms with Crippen molar-refractivity contribution in [3.8, 4) is 5.75 Å². The van der Waals surface area contributed by atoms with E-state index in [1.54, 1.807) is 17.0 Å². The van der Waals surface area contributed by atoms with Crippen LogP contribution in [0.3, 0.4) is 0 Å². The summed E-state index contributed by atoms with van der Waals surface area (Å²) in [4.78, 5) is 32.1. The zero-order valence-corrected chi connectivity index (χ0v) is 17.7. The fourth-order valence-corrected chi connectivity index (χ4v) is 3.62. The Bertz CT molecular complexity index is 867. The number of benzene rings is 1. The smallest absolute Gasteiger partial charge is 0.291 e. The van der Waals surface area contributed by atoms with Crippen LogP contribution < -0.4 is 10.1 Å². The van der Waals surface area contributed by atoms with Gasteiger partial charge in [-0.1, -0.05) is 0 Å². The molecule has 1 aromatic carbocycles. The average molecular weight is 399 g/mol. The summed E-state index contributed by atoms with van der Waals surface area (Å²) in [5, 5.41) is 2.90. The number of hydrogen-bond donors (Lipinski definition) is 1. The first-order chi connectivity index (χ1) is 13.9. The predicted molar refractivity (Wildman–Crippen MR) is 113 cm³/mol. The molecule has 7 heteroatoms. The maximum atomic E-state index is 12.9. The van der Waals surface area contributed by atoms with Crippen molar-refractivity contribution in [2.24, 2.45) is 0 Å². The van der Waals surface area contributed by atoms with Gasteiger partial charge in [-0.05, 0) is 71.2 Å². The lowest BCUT2D eigenvalue weighted by Gasteiger charge is -2.20. The van der Waals surface area contributed by atoms with Gasteiger partial charge in [0.2, 0.25) is 0 Å². The van der Waals surface area contributed by atoms with Crippen molar-refractivity contribution >= 4 is 17.5 Å². The second-order valence-corrected chi connectivity index (χ2v) is 7.46. The van der Waals surface area contributed by atoms with E-state index in [0.29, 0.717) is 36.8 Å². The van der Waals surface area contributed by atoms with Crippen LogP contribution >= 0.6 is 0 Å². The minimum atomic E-state index is -0.302. The number of carbonyl (C=O) groups excluding carboxylic acids is 2. The molecular formula is C22H30N4O3. The Morgan fingerprint density at radius 3 is 2.48 bits per heavy atom. The van der Waals surface area contributed by atoms with Crippen LogP contribution in [-0.4, -0.2) is 45.5 Å². The van der Waals surface area contributed by atoms with Crippen LogP contribution in [0.15, 0.2) is 24.3 Å². The normalized spacial score (nSPS) is 13.1. The summed E-state index contributed by atoms with van der Waals surface area (Å²) in [6.45, 7) is 9.77. The molecule has 0 bridgehead atoms. The number of ether oxygens (including phenoxy) is 1. The van der Waals surface area contributed by atoms with Gasteiger partial charge in [0.25, 0.3) is 11.8 Å². The lowest BCUT2D eigenvalue weighted by Crippen LogP contribution is -2.31. The monoisotopic (exact) mass is 398 g/mol. The molecule has 2 heterocycles. The van der Waals surface area contributed by atoms with Gasteiger partial charge in [-0.3, -0.25) is 9.59 Å². The Kier molecular flexibility index (Phi) is 6.56. The molecule has 156 valence electrons. The fraction of sp³-hybridized carbons (Fsp3) is 0.500. The molecule has 1 aliphatic heterocycles. The van der Waals surface area contributed by atoms with E-state index >= 15 is 0 Å². The summed E-state index contributed by atoms with van der Waals surface area (Å²) < 4.78 is 7.54. The third-order valence-corrected chi connectivity index (χ3v) is 5.06. The number of rotatable bonds is 7. The number of hydrogen-bond acceptors (Lipinski definition) is 4. The van der Waals surface area contributed by atoms with Crippen molar-refractivity contribution < 1.29 is 14.3 Å². The van der Waals surface area contributed by atoms with Gasteiger partial charge in [0, 0.05) is 25.3 Å². The highest BCUT2D eigenvalue weighted by molar-refractivity contribution is 6.03. The van der Waals surface area contributed by atoms with E-state index in [4.69, 9.17) is 4.74 Å². The van der Waals surface area contributed by atoms with E-state index in [-0.39, 0.29) is 17.9 Å². The lowest BCUT2D eigenvalue weighted by atomic mass is 10.1. The molecule has 0 saturated carbocycles. The summed E-state index contributed by atoms with van der Waals surface area (Å²) in [6.07, 6.45) is 2.84. The molecule has 0 saturated heterocycles. The summed E-state index contributed by atoms with van der Waals surface area (Å²) in [6, 6.07) is 7.26. The van der Waals surface area contributed by atoms with Crippen molar-refractivity contribution in [2.75, 3.05) is 18.4 Å². The number of nitrogens with zero attached hydrogens (tertiary/aromatic N) is 3. The minimum Gasteiger partial charge on any atom is -0.491 e. The zero-order valence-electron chi connectivity index (χ0n) is 17.7. The van der Waals surface area contributed by atoms with Crippen molar-refractivity contribution in [3.05, 3.63) is 41.5 Å². The maximum absolute atomic E-state index is 12.9. The van der Waals surface area contributed by atoms with Crippen LogP contribution in [0, 0.1) is 0 Å². The molecule has 0 atom stereocenters. The number of carbonyl (C=O) groups is 2. The van der Waals surface area contributed by atoms with Gasteiger partial charge in [0.05, 0.1) is 11.8 Å². The highest BCUT2D eigenvalue weighted by atomic mass is 16.5. The Balaban J connectivity index is 1.84. The van der Waals surface area contributed by atoms with Crippen molar-refractivity contribution in [1.29, 1.82) is 0 Å². The van der Waals surface area contributed by atoms with Crippen molar-refractivity contribution in [3.63, 3.8) is 0 Å². The van der Waals surface area contributed by atoms with E-state index < -0.39 is 0 Å². The third kappa shape index (κ3) is 4.60. The van der Waals surface area contributed by atoms with E-state index in [1.807, 2.05) is 44.4 Å². The van der Waals surface area contributed by atoms with Crippen LogP contribution in [0.2, 0.25) is 0 Å². The number of anilines is 1. The highest BCUT2D eigenvalue weighted by Crippen LogP contribution is 2.24. The number of nitrogens with one attached hydrogen (secondary N) is 1. The molecule has 1 aliphatic rings. The fourth-order valence-electron chi connectivity index (χ4n) is 3.62. The van der Waals surface area contributed by atoms with Crippen molar-refractivity contribution in [1.82, 2.24) is 14.5 Å². The van der Waals surface area contributed by atoms with Gasteiger partial charge in [-0.15, -0.1) is 0 Å². The molecule has 7 nitrogen and oxygen atoms in total. The van der Waals surface area contributed by atoms with E-state index in [2.05, 4.69) is 10.3 Å². The first-order valence-electron chi connectivity index (χ1n) is 10.4. The topological polar surface area (TPSA) is 76.5 Å². The molecule has 2 amide bonds. The number of aromatic nitrogens is 2. The van der Waals surface area contributed by atoms with E-state index in [9.17, 15) is 9.59 Å². The molecule has 29 heavy (non-hydrogen) atoms. The number of fused-ring (bicyclic) bond motifs is 1. The second-order valence-electron chi connectivity index (χ2n) is 7.46. The van der Waals surface area contributed by atoms with Crippen LogP contribution in [0.5, 0.6) is 5.75 Å². The molecule has 0 unspecified atom stereocenters. The minimum absolute atomic E-state index is 0.0913. The Morgan fingerprint density at radius 1 is 1.17 bits per heavy atom. The Labute approximate surface area is 172 Å². The Morgan fingerprint density at radius 2 is 1.86 bits per heavy atom. The first-order valence-corrected chi connectivity index (χ1v) is 10.4. The van der Waals surface area contributed by atoms with Gasteiger partial charge < -0.3 is 19.5 Å². The van der Waals surface area contributed by atoms with Crippen LogP contribution in [-0.2, 0) is 13.0 Å². The molecule has 0 radical (unpaired) electrons. The molecule has 0 aliphatic carbocycles. The van der Waals surface area contributed by atoms with Crippen molar-refractivity contribution in [2.45, 2.75) is 59.6 Å². The van der Waals surface area contributed by atoms with Crippen LogP contribution in [0.1, 0.15) is 67.3 Å². The summed E-state index contributed by atoms with van der Waals surface area (Å²) >= 11 is 0. The molecule has 0 spiro atoms. The zero-order chi connectivity index (χ0) is 21.0. The number of imidazole rings is 1. The molecular weight excluding hydrogens is 368 g/mol. The summed E-state index contributed by atoms with van der Waals surface area (Å²) in [5.74, 6) is 0.653. The summed E-state index contributed by atoms with van der Waals surface area (Å²) in [5.41, 5.74) is 1.95. The standard InChI is InChI=1S/C22H30N4O3/c1-5-25(6-2)22(28)19-18-9-7-8-14-26(18)20(24-19)21(27)23-16-10-12-17(13-11-16)29-15(3)4/h10-13,15H,5-9,14H2,1-4H3,(H,23,27). The SMILES string of the molecule is CCN(CC)C(=O)c1nc(C(=O)Nc2ccc(OC(C)C)cc2)n2c1CCCC2. The van der Waals surface area contributed by atoms with Gasteiger partial charge in [-0.25, -0.2) is 4.98 Å². The quantitative estimate of drug-likeness (QED) is 0.771. The number of amides is 2. The highest BCUT2D eigenvalue weighted by Gasteiger charge is 2.29. The first kappa shape index (κ1) is 20.9. The van der Waals surface area contributed by atoms with Gasteiger partial charge in [0.1, 0.15) is 11.4 Å². The largest absolute Gasteiger partial charge is 0.491 e. The predicted octanol–water partition coefficient (Wildman–Crippen LogP) is 3.74. The van der Waals surface area contributed by atoms with Gasteiger partial charge >= 0.3 is 0 Å². The van der Waals surface area contributed by atoms with E-state index in [1.165, 1.54) is 0 Å². The molecule has 1 N–H and O–H groups in total. The van der Waals surface area contributed by atoms with Gasteiger partial charge in [0.15, 0.2) is 5.82 Å². The van der Waals surface area contributed by atoms with E-state index in [0.717, 1.165) is 30.7 Å². The molecule has 1 aromatic heterocycles.